The standard InChI is InChI=1S/C21H24BN3O4/c1-4-21(27)25(18-8-6-5-7-9-18)14-20(26)23-19(22(28)24-29)13-17-11-10-15(2)12-16(17)3/h4-12,19,28H,1,13-14H2,2-3H3,(H,23,26). The number of aryl methyl sites for hydroxylation is 2. The Morgan fingerprint density at radius 3 is 2.52 bits per heavy atom. The lowest BCUT2D eigenvalue weighted by molar-refractivity contribution is -0.122. The second kappa shape index (κ2) is 10.3. The average molecular weight is 393 g/mol. The summed E-state index contributed by atoms with van der Waals surface area (Å²) in [5.74, 6) is -1.88. The molecule has 2 rings (SSSR count). The maximum Gasteiger partial charge on any atom is 0.506 e. The highest BCUT2D eigenvalue weighted by atomic mass is 16.3. The van der Waals surface area contributed by atoms with E-state index in [1.807, 2.05) is 32.0 Å². The summed E-state index contributed by atoms with van der Waals surface area (Å²) in [5.41, 5.74) is 3.48. The molecule has 8 heteroatoms. The van der Waals surface area contributed by atoms with E-state index in [2.05, 4.69) is 17.0 Å². The van der Waals surface area contributed by atoms with Crippen LogP contribution in [0.3, 0.4) is 0 Å². The van der Waals surface area contributed by atoms with Gasteiger partial charge in [0.25, 0.3) is 5.91 Å². The van der Waals surface area contributed by atoms with Crippen LogP contribution in [0, 0.1) is 18.8 Å². The zero-order valence-electron chi connectivity index (χ0n) is 16.5. The number of rotatable bonds is 9. The highest BCUT2D eigenvalue weighted by molar-refractivity contribution is 6.50. The second-order valence-corrected chi connectivity index (χ2v) is 6.79. The fourth-order valence-electron chi connectivity index (χ4n) is 3.03. The van der Waals surface area contributed by atoms with Crippen LogP contribution < -0.4 is 10.2 Å². The molecule has 2 amide bonds. The summed E-state index contributed by atoms with van der Waals surface area (Å²) in [6, 6.07) is 14.5. The number of para-hydroxylation sites is 1. The largest absolute Gasteiger partial charge is 0.506 e. The third-order valence-electron chi connectivity index (χ3n) is 4.56. The Morgan fingerprint density at radius 1 is 1.24 bits per heavy atom. The van der Waals surface area contributed by atoms with E-state index in [-0.39, 0.29) is 13.0 Å². The first-order valence-electron chi connectivity index (χ1n) is 9.20. The number of nitrogens with zero attached hydrogens (tertiary/aromatic N) is 2. The molecule has 0 saturated heterocycles. The molecule has 0 aliphatic carbocycles. The van der Waals surface area contributed by atoms with Gasteiger partial charge in [-0.05, 0) is 49.6 Å². The molecule has 2 aromatic rings. The summed E-state index contributed by atoms with van der Waals surface area (Å²) in [7, 11) is -1.61. The highest BCUT2D eigenvalue weighted by Gasteiger charge is 2.30. The molecule has 0 aliphatic rings. The second-order valence-electron chi connectivity index (χ2n) is 6.79. The van der Waals surface area contributed by atoms with Crippen LogP contribution in [0.25, 0.3) is 0 Å². The molecule has 0 spiro atoms. The minimum absolute atomic E-state index is 0.228. The van der Waals surface area contributed by atoms with Gasteiger partial charge in [-0.3, -0.25) is 14.5 Å². The van der Waals surface area contributed by atoms with Crippen LogP contribution in [-0.2, 0) is 16.0 Å². The first-order valence-corrected chi connectivity index (χ1v) is 9.20. The Bertz CT molecular complexity index is 889. The molecule has 0 radical (unpaired) electrons. The third-order valence-corrected chi connectivity index (χ3v) is 4.56. The molecular formula is C21H24BN3O4. The van der Waals surface area contributed by atoms with Crippen LogP contribution in [0.5, 0.6) is 0 Å². The third kappa shape index (κ3) is 6.12. The maximum atomic E-state index is 12.6. The van der Waals surface area contributed by atoms with E-state index in [4.69, 9.17) is 0 Å². The molecule has 7 nitrogen and oxygen atoms in total. The number of anilines is 1. The van der Waals surface area contributed by atoms with Crippen molar-refractivity contribution >= 4 is 24.6 Å². The zero-order valence-corrected chi connectivity index (χ0v) is 16.5. The van der Waals surface area contributed by atoms with Crippen molar-refractivity contribution in [1.82, 2.24) is 5.32 Å². The molecule has 29 heavy (non-hydrogen) atoms. The van der Waals surface area contributed by atoms with Crippen molar-refractivity contribution in [3.63, 3.8) is 0 Å². The Balaban J connectivity index is 2.16. The lowest BCUT2D eigenvalue weighted by atomic mass is 9.71. The average Bonchev–Trinajstić information content (AvgIpc) is 2.72. The fraction of sp³-hybridized carbons (Fsp3) is 0.238. The monoisotopic (exact) mass is 393 g/mol. The number of carbonyl (C=O) groups is 2. The molecule has 1 atom stereocenters. The number of hydrogen-bond acceptors (Lipinski definition) is 5. The molecular weight excluding hydrogens is 369 g/mol. The quantitative estimate of drug-likeness (QED) is 0.388. The minimum atomic E-state index is -1.61. The van der Waals surface area contributed by atoms with Gasteiger partial charge in [0, 0.05) is 5.69 Å². The van der Waals surface area contributed by atoms with E-state index in [0.29, 0.717) is 5.69 Å². The SMILES string of the molecule is C=CC(=O)N(CC(=O)NC(Cc1ccc(C)cc1C)B(O)N=O)c1ccccc1. The predicted octanol–water partition coefficient (Wildman–Crippen LogP) is 2.34. The van der Waals surface area contributed by atoms with E-state index in [9.17, 15) is 19.5 Å². The van der Waals surface area contributed by atoms with Crippen molar-refractivity contribution < 1.29 is 14.6 Å². The van der Waals surface area contributed by atoms with Crippen molar-refractivity contribution in [3.8, 4) is 0 Å². The van der Waals surface area contributed by atoms with Crippen molar-refractivity contribution in [2.75, 3.05) is 11.4 Å². The number of nitroso groups, excluding NO2 is 1. The van der Waals surface area contributed by atoms with Crippen LogP contribution in [-0.4, -0.2) is 36.4 Å². The van der Waals surface area contributed by atoms with Crippen molar-refractivity contribution in [2.24, 2.45) is 5.09 Å². The van der Waals surface area contributed by atoms with Gasteiger partial charge in [0.2, 0.25) is 5.91 Å². The van der Waals surface area contributed by atoms with E-state index in [1.54, 1.807) is 30.3 Å². The molecule has 0 saturated carbocycles. The minimum Gasteiger partial charge on any atom is -0.428 e. The molecule has 0 aromatic heterocycles. The van der Waals surface area contributed by atoms with Gasteiger partial charge in [-0.25, -0.2) is 0 Å². The van der Waals surface area contributed by atoms with Crippen molar-refractivity contribution in [3.05, 3.63) is 82.8 Å². The van der Waals surface area contributed by atoms with Gasteiger partial charge >= 0.3 is 7.05 Å². The van der Waals surface area contributed by atoms with Gasteiger partial charge in [-0.2, -0.15) is 4.91 Å². The predicted molar refractivity (Wildman–Crippen MR) is 114 cm³/mol. The summed E-state index contributed by atoms with van der Waals surface area (Å²) < 4.78 is 0. The van der Waals surface area contributed by atoms with E-state index in [1.165, 1.54) is 4.90 Å². The Kier molecular flexibility index (Phi) is 7.85. The summed E-state index contributed by atoms with van der Waals surface area (Å²) in [5, 5.41) is 15.3. The number of benzene rings is 2. The molecule has 0 heterocycles. The Morgan fingerprint density at radius 2 is 1.93 bits per heavy atom. The Hall–Kier alpha value is -3.26. The maximum absolute atomic E-state index is 12.6. The van der Waals surface area contributed by atoms with Gasteiger partial charge in [-0.1, -0.05) is 53.6 Å². The van der Waals surface area contributed by atoms with Gasteiger partial charge in [0.05, 0.1) is 5.94 Å². The Labute approximate surface area is 170 Å². The number of nitrogens with one attached hydrogen (secondary N) is 1. The van der Waals surface area contributed by atoms with E-state index >= 15 is 0 Å². The lowest BCUT2D eigenvalue weighted by Gasteiger charge is -2.23. The summed E-state index contributed by atoms with van der Waals surface area (Å²) in [6.45, 7) is 7.07. The first-order chi connectivity index (χ1) is 13.8. The molecule has 0 bridgehead atoms. The van der Waals surface area contributed by atoms with Crippen molar-refractivity contribution in [1.29, 1.82) is 0 Å². The first kappa shape index (κ1) is 22.0. The van der Waals surface area contributed by atoms with E-state index in [0.717, 1.165) is 22.8 Å². The van der Waals surface area contributed by atoms with Gasteiger partial charge in [0.15, 0.2) is 0 Å². The van der Waals surface area contributed by atoms with Gasteiger partial charge in [-0.15, -0.1) is 0 Å². The number of hydrogen-bond donors (Lipinski definition) is 2. The van der Waals surface area contributed by atoms with E-state index < -0.39 is 24.8 Å². The van der Waals surface area contributed by atoms with Gasteiger partial charge < -0.3 is 10.3 Å². The van der Waals surface area contributed by atoms with Crippen LogP contribution in [0.2, 0.25) is 0 Å². The zero-order chi connectivity index (χ0) is 21.4. The molecule has 2 N–H and O–H groups in total. The number of amides is 2. The molecule has 0 fully saturated rings. The van der Waals surface area contributed by atoms with Gasteiger partial charge in [0.1, 0.15) is 6.54 Å². The molecule has 0 aliphatic heterocycles. The van der Waals surface area contributed by atoms with Crippen molar-refractivity contribution in [2.45, 2.75) is 26.2 Å². The summed E-state index contributed by atoms with van der Waals surface area (Å²) in [6.07, 6.45) is 1.35. The topological polar surface area (TPSA) is 99.1 Å². The summed E-state index contributed by atoms with van der Waals surface area (Å²) in [4.78, 5) is 37.0. The number of carbonyl (C=O) groups excluding carboxylic acids is 2. The molecule has 150 valence electrons. The lowest BCUT2D eigenvalue weighted by Crippen LogP contribution is -2.50. The summed E-state index contributed by atoms with van der Waals surface area (Å²) >= 11 is 0. The smallest absolute Gasteiger partial charge is 0.428 e. The highest BCUT2D eigenvalue weighted by Crippen LogP contribution is 2.15. The van der Waals surface area contributed by atoms with Crippen LogP contribution in [0.15, 0.2) is 66.3 Å². The van der Waals surface area contributed by atoms with Crippen LogP contribution >= 0.6 is 0 Å². The normalized spacial score (nSPS) is 11.3. The fourth-order valence-corrected chi connectivity index (χ4v) is 3.03. The molecule has 1 unspecified atom stereocenters. The van der Waals surface area contributed by atoms with Crippen LogP contribution in [0.1, 0.15) is 16.7 Å². The molecule has 2 aromatic carbocycles. The van der Waals surface area contributed by atoms with Crippen LogP contribution in [0.4, 0.5) is 5.69 Å².